The second kappa shape index (κ2) is 6.65. The minimum atomic E-state index is -1.17. The van der Waals surface area contributed by atoms with E-state index in [1.165, 1.54) is 6.20 Å². The predicted octanol–water partition coefficient (Wildman–Crippen LogP) is 3.04. The SMILES string of the molecule is O=C(NC1(C(=O)O)CCCCC1)c1cnn(-c2ccc(Cl)cc2)c1. The Morgan fingerprint density at radius 2 is 1.83 bits per heavy atom. The molecule has 126 valence electrons. The van der Waals surface area contributed by atoms with Crippen molar-refractivity contribution in [2.45, 2.75) is 37.6 Å². The number of aromatic nitrogens is 2. The van der Waals surface area contributed by atoms with Gasteiger partial charge in [-0.25, -0.2) is 9.48 Å². The van der Waals surface area contributed by atoms with Crippen LogP contribution < -0.4 is 5.32 Å². The van der Waals surface area contributed by atoms with E-state index in [1.807, 2.05) is 0 Å². The highest BCUT2D eigenvalue weighted by Gasteiger charge is 2.41. The summed E-state index contributed by atoms with van der Waals surface area (Å²) >= 11 is 5.86. The summed E-state index contributed by atoms with van der Waals surface area (Å²) in [6.45, 7) is 0. The Kier molecular flexibility index (Phi) is 4.57. The number of nitrogens with zero attached hydrogens (tertiary/aromatic N) is 2. The number of halogens is 1. The Balaban J connectivity index is 1.78. The molecule has 7 heteroatoms. The van der Waals surface area contributed by atoms with Gasteiger partial charge in [0.15, 0.2) is 0 Å². The zero-order valence-corrected chi connectivity index (χ0v) is 13.8. The Hall–Kier alpha value is -2.34. The van der Waals surface area contributed by atoms with E-state index in [0.29, 0.717) is 23.4 Å². The Bertz CT molecular complexity index is 749. The summed E-state index contributed by atoms with van der Waals surface area (Å²) in [4.78, 5) is 24.1. The molecule has 3 rings (SSSR count). The fourth-order valence-corrected chi connectivity index (χ4v) is 3.14. The fraction of sp³-hybridized carbons (Fsp3) is 0.353. The van der Waals surface area contributed by atoms with Gasteiger partial charge in [0.1, 0.15) is 5.54 Å². The van der Waals surface area contributed by atoms with Crippen molar-refractivity contribution < 1.29 is 14.7 Å². The summed E-state index contributed by atoms with van der Waals surface area (Å²) in [5.41, 5.74) is -0.0715. The molecule has 1 aromatic heterocycles. The van der Waals surface area contributed by atoms with Crippen molar-refractivity contribution in [3.05, 3.63) is 47.2 Å². The average molecular weight is 348 g/mol. The highest BCUT2D eigenvalue weighted by atomic mass is 35.5. The van der Waals surface area contributed by atoms with Crippen molar-refractivity contribution in [2.75, 3.05) is 0 Å². The third kappa shape index (κ3) is 3.28. The standard InChI is InChI=1S/C17H18ClN3O3/c18-13-4-6-14(7-5-13)21-11-12(10-19-21)15(22)20-17(16(23)24)8-2-1-3-9-17/h4-7,10-11H,1-3,8-9H2,(H,20,22)(H,23,24). The van der Waals surface area contributed by atoms with Gasteiger partial charge in [-0.2, -0.15) is 5.10 Å². The van der Waals surface area contributed by atoms with Gasteiger partial charge in [-0.3, -0.25) is 4.79 Å². The van der Waals surface area contributed by atoms with Gasteiger partial charge in [-0.15, -0.1) is 0 Å². The van der Waals surface area contributed by atoms with E-state index >= 15 is 0 Å². The van der Waals surface area contributed by atoms with E-state index in [-0.39, 0.29) is 0 Å². The molecule has 0 unspecified atom stereocenters. The molecule has 1 aliphatic rings. The quantitative estimate of drug-likeness (QED) is 0.890. The number of nitrogens with one attached hydrogen (secondary N) is 1. The van der Waals surface area contributed by atoms with Crippen LogP contribution in [0.5, 0.6) is 0 Å². The molecule has 0 spiro atoms. The maximum absolute atomic E-state index is 12.5. The number of carboxylic acid groups (broad SMARTS) is 1. The molecule has 0 atom stereocenters. The van der Waals surface area contributed by atoms with Gasteiger partial charge in [-0.1, -0.05) is 30.9 Å². The second-order valence-corrected chi connectivity index (χ2v) is 6.49. The van der Waals surface area contributed by atoms with Crippen LogP contribution in [0.2, 0.25) is 5.02 Å². The lowest BCUT2D eigenvalue weighted by molar-refractivity contribution is -0.145. The van der Waals surface area contributed by atoms with Crippen molar-refractivity contribution in [3.63, 3.8) is 0 Å². The van der Waals surface area contributed by atoms with Gasteiger partial charge in [0, 0.05) is 11.2 Å². The van der Waals surface area contributed by atoms with Crippen LogP contribution >= 0.6 is 11.6 Å². The van der Waals surface area contributed by atoms with Crippen LogP contribution in [-0.4, -0.2) is 32.3 Å². The van der Waals surface area contributed by atoms with Crippen molar-refractivity contribution in [2.24, 2.45) is 0 Å². The van der Waals surface area contributed by atoms with E-state index in [9.17, 15) is 14.7 Å². The molecule has 0 radical (unpaired) electrons. The minimum absolute atomic E-state index is 0.330. The third-order valence-electron chi connectivity index (χ3n) is 4.41. The maximum Gasteiger partial charge on any atom is 0.329 e. The van der Waals surface area contributed by atoms with Crippen molar-refractivity contribution in [1.29, 1.82) is 0 Å². The lowest BCUT2D eigenvalue weighted by atomic mass is 9.81. The number of hydrogen-bond acceptors (Lipinski definition) is 3. The molecule has 1 heterocycles. The summed E-state index contributed by atoms with van der Waals surface area (Å²) in [5, 5.41) is 17.0. The highest BCUT2D eigenvalue weighted by molar-refractivity contribution is 6.30. The van der Waals surface area contributed by atoms with Crippen molar-refractivity contribution in [1.82, 2.24) is 15.1 Å². The van der Waals surface area contributed by atoms with Crippen LogP contribution in [0, 0.1) is 0 Å². The van der Waals surface area contributed by atoms with Gasteiger partial charge in [-0.05, 0) is 37.1 Å². The molecular weight excluding hydrogens is 330 g/mol. The van der Waals surface area contributed by atoms with Crippen LogP contribution in [0.25, 0.3) is 5.69 Å². The molecule has 6 nitrogen and oxygen atoms in total. The number of amides is 1. The minimum Gasteiger partial charge on any atom is -0.480 e. The van der Waals surface area contributed by atoms with Crippen LogP contribution in [-0.2, 0) is 4.79 Å². The first-order chi connectivity index (χ1) is 11.5. The molecule has 1 amide bonds. The van der Waals surface area contributed by atoms with E-state index < -0.39 is 17.4 Å². The van der Waals surface area contributed by atoms with Crippen LogP contribution in [0.15, 0.2) is 36.7 Å². The summed E-state index contributed by atoms with van der Waals surface area (Å²) < 4.78 is 1.56. The molecule has 1 saturated carbocycles. The largest absolute Gasteiger partial charge is 0.480 e. The van der Waals surface area contributed by atoms with Gasteiger partial charge in [0.2, 0.25) is 0 Å². The predicted molar refractivity (Wildman–Crippen MR) is 89.5 cm³/mol. The molecule has 1 aromatic carbocycles. The van der Waals surface area contributed by atoms with Gasteiger partial charge in [0.05, 0.1) is 17.4 Å². The first-order valence-electron chi connectivity index (χ1n) is 7.87. The summed E-state index contributed by atoms with van der Waals surface area (Å²) in [6.07, 6.45) is 6.53. The Morgan fingerprint density at radius 3 is 2.46 bits per heavy atom. The first kappa shape index (κ1) is 16.5. The lowest BCUT2D eigenvalue weighted by Gasteiger charge is -2.33. The molecule has 0 bridgehead atoms. The molecule has 0 aliphatic heterocycles. The monoisotopic (exact) mass is 347 g/mol. The Labute approximate surface area is 144 Å². The number of aliphatic carboxylic acids is 1. The number of carboxylic acids is 1. The second-order valence-electron chi connectivity index (χ2n) is 6.05. The summed E-state index contributed by atoms with van der Waals surface area (Å²) in [7, 11) is 0. The van der Waals surface area contributed by atoms with Crippen LogP contribution in [0.1, 0.15) is 42.5 Å². The van der Waals surface area contributed by atoms with E-state index in [4.69, 9.17) is 11.6 Å². The molecule has 2 N–H and O–H groups in total. The smallest absolute Gasteiger partial charge is 0.329 e. The molecule has 2 aromatic rings. The van der Waals surface area contributed by atoms with Gasteiger partial charge >= 0.3 is 5.97 Å². The molecule has 24 heavy (non-hydrogen) atoms. The zero-order chi connectivity index (χ0) is 17.2. The Morgan fingerprint density at radius 1 is 1.17 bits per heavy atom. The highest BCUT2D eigenvalue weighted by Crippen LogP contribution is 2.29. The summed E-state index contributed by atoms with van der Waals surface area (Å²) in [5.74, 6) is -1.39. The van der Waals surface area contributed by atoms with E-state index in [1.54, 1.807) is 35.1 Å². The van der Waals surface area contributed by atoms with Gasteiger partial charge in [0.25, 0.3) is 5.91 Å². The van der Waals surface area contributed by atoms with Crippen LogP contribution in [0.3, 0.4) is 0 Å². The molecule has 0 saturated heterocycles. The maximum atomic E-state index is 12.5. The number of benzene rings is 1. The average Bonchev–Trinajstić information content (AvgIpc) is 3.06. The van der Waals surface area contributed by atoms with Crippen molar-refractivity contribution >= 4 is 23.5 Å². The molecular formula is C17H18ClN3O3. The van der Waals surface area contributed by atoms with Gasteiger partial charge < -0.3 is 10.4 Å². The van der Waals surface area contributed by atoms with Crippen LogP contribution in [0.4, 0.5) is 0 Å². The topological polar surface area (TPSA) is 84.2 Å². The summed E-state index contributed by atoms with van der Waals surface area (Å²) in [6, 6.07) is 7.05. The van der Waals surface area contributed by atoms with Crippen molar-refractivity contribution in [3.8, 4) is 5.69 Å². The first-order valence-corrected chi connectivity index (χ1v) is 8.24. The number of rotatable bonds is 4. The molecule has 1 aliphatic carbocycles. The third-order valence-corrected chi connectivity index (χ3v) is 4.66. The normalized spacial score (nSPS) is 16.5. The fourth-order valence-electron chi connectivity index (χ4n) is 3.01. The molecule has 1 fully saturated rings. The number of hydrogen-bond donors (Lipinski definition) is 2. The lowest BCUT2D eigenvalue weighted by Crippen LogP contribution is -2.55. The van der Waals surface area contributed by atoms with E-state index in [2.05, 4.69) is 10.4 Å². The number of carbonyl (C=O) groups is 2. The van der Waals surface area contributed by atoms with E-state index in [0.717, 1.165) is 24.9 Å². The number of carbonyl (C=O) groups excluding carboxylic acids is 1. The zero-order valence-electron chi connectivity index (χ0n) is 13.0.